The second-order valence-corrected chi connectivity index (χ2v) is 7.41. The zero-order valence-corrected chi connectivity index (χ0v) is 12.6. The van der Waals surface area contributed by atoms with Gasteiger partial charge >= 0.3 is 5.97 Å². The number of likely N-dealkylation sites (tertiary alicyclic amines) is 1. The van der Waals surface area contributed by atoms with Gasteiger partial charge in [0.15, 0.2) is 9.84 Å². The fourth-order valence-electron chi connectivity index (χ4n) is 2.22. The van der Waals surface area contributed by atoms with Crippen molar-refractivity contribution < 1.29 is 23.1 Å². The molecule has 21 heavy (non-hydrogen) atoms. The van der Waals surface area contributed by atoms with Gasteiger partial charge in [-0.15, -0.1) is 0 Å². The molecule has 1 aromatic rings. The van der Waals surface area contributed by atoms with Crippen LogP contribution in [0.2, 0.25) is 0 Å². The van der Waals surface area contributed by atoms with Crippen molar-refractivity contribution in [2.24, 2.45) is 11.8 Å². The van der Waals surface area contributed by atoms with Gasteiger partial charge in [-0.25, -0.2) is 8.42 Å². The number of amides is 1. The average Bonchev–Trinajstić information content (AvgIpc) is 2.35. The summed E-state index contributed by atoms with van der Waals surface area (Å²) in [6.45, 7) is 2.47. The third-order valence-electron chi connectivity index (χ3n) is 3.82. The number of carboxylic acids is 1. The first-order valence-electron chi connectivity index (χ1n) is 6.52. The predicted octanol–water partition coefficient (Wildman–Crippen LogP) is 0.883. The molecule has 7 heteroatoms. The molecule has 0 aromatic heterocycles. The number of benzene rings is 1. The van der Waals surface area contributed by atoms with E-state index in [1.165, 1.54) is 24.3 Å². The van der Waals surface area contributed by atoms with Crippen molar-refractivity contribution >= 4 is 21.7 Å². The number of nitrogens with zero attached hydrogens (tertiary/aromatic N) is 1. The fraction of sp³-hybridized carbons (Fsp3) is 0.429. The molecule has 1 N–H and O–H groups in total. The molecule has 1 aromatic carbocycles. The molecule has 0 saturated carbocycles. The van der Waals surface area contributed by atoms with Crippen molar-refractivity contribution in [3.8, 4) is 0 Å². The summed E-state index contributed by atoms with van der Waals surface area (Å²) in [6.07, 6.45) is 1.11. The summed E-state index contributed by atoms with van der Waals surface area (Å²) in [5, 5.41) is 8.91. The molecule has 1 amide bonds. The second kappa shape index (κ2) is 5.48. The molecule has 6 nitrogen and oxygen atoms in total. The van der Waals surface area contributed by atoms with E-state index < -0.39 is 21.7 Å². The van der Waals surface area contributed by atoms with Crippen LogP contribution in [0.15, 0.2) is 29.2 Å². The molecule has 0 radical (unpaired) electrons. The molecule has 1 atom stereocenters. The molecule has 1 heterocycles. The lowest BCUT2D eigenvalue weighted by atomic mass is 9.86. The molecule has 0 bridgehead atoms. The average molecular weight is 311 g/mol. The summed E-state index contributed by atoms with van der Waals surface area (Å²) in [6, 6.07) is 5.76. The van der Waals surface area contributed by atoms with Gasteiger partial charge in [-0.1, -0.05) is 6.92 Å². The Bertz CT molecular complexity index is 659. The monoisotopic (exact) mass is 311 g/mol. The van der Waals surface area contributed by atoms with Gasteiger partial charge in [-0.3, -0.25) is 9.59 Å². The first-order chi connectivity index (χ1) is 9.70. The number of hydrogen-bond donors (Lipinski definition) is 1. The number of aliphatic carboxylic acids is 1. The fourth-order valence-corrected chi connectivity index (χ4v) is 2.85. The highest BCUT2D eigenvalue weighted by atomic mass is 32.2. The minimum Gasteiger partial charge on any atom is -0.481 e. The van der Waals surface area contributed by atoms with Crippen molar-refractivity contribution in [2.45, 2.75) is 11.8 Å². The number of carbonyl (C=O) groups excluding carboxylic acids is 1. The molecule has 1 aliphatic rings. The molecule has 1 saturated heterocycles. The van der Waals surface area contributed by atoms with Gasteiger partial charge in [0, 0.05) is 30.8 Å². The van der Waals surface area contributed by atoms with Crippen LogP contribution in [0.3, 0.4) is 0 Å². The number of sulfone groups is 1. The maximum Gasteiger partial charge on any atom is 0.306 e. The van der Waals surface area contributed by atoms with Gasteiger partial charge in [-0.05, 0) is 24.3 Å². The lowest BCUT2D eigenvalue weighted by Crippen LogP contribution is -2.53. The molecule has 0 aliphatic carbocycles. The summed E-state index contributed by atoms with van der Waals surface area (Å²) in [7, 11) is -3.28. The maximum atomic E-state index is 12.2. The van der Waals surface area contributed by atoms with Gasteiger partial charge < -0.3 is 10.0 Å². The highest BCUT2D eigenvalue weighted by Gasteiger charge is 2.37. The van der Waals surface area contributed by atoms with Crippen LogP contribution < -0.4 is 0 Å². The van der Waals surface area contributed by atoms with E-state index in [0.717, 1.165) is 6.26 Å². The van der Waals surface area contributed by atoms with E-state index in [2.05, 4.69) is 0 Å². The van der Waals surface area contributed by atoms with Gasteiger partial charge in [0.2, 0.25) is 0 Å². The first kappa shape index (κ1) is 15.5. The zero-order chi connectivity index (χ0) is 15.8. The Labute approximate surface area is 123 Å². The Kier molecular flexibility index (Phi) is 4.04. The van der Waals surface area contributed by atoms with Crippen molar-refractivity contribution in [1.82, 2.24) is 4.90 Å². The normalized spacial score (nSPS) is 17.1. The summed E-state index contributed by atoms with van der Waals surface area (Å²) in [5.74, 6) is -1.56. The summed E-state index contributed by atoms with van der Waals surface area (Å²) < 4.78 is 22.7. The van der Waals surface area contributed by atoms with Gasteiger partial charge in [0.25, 0.3) is 5.91 Å². The van der Waals surface area contributed by atoms with Crippen LogP contribution in [-0.4, -0.2) is 49.6 Å². The van der Waals surface area contributed by atoms with Crippen LogP contribution in [0.1, 0.15) is 17.3 Å². The molecular formula is C14H17NO5S. The standard InChI is InChI=1S/C14H17NO5S/c1-9(14(17)18)11-7-15(8-11)13(16)10-3-5-12(6-4-10)21(2,19)20/h3-6,9,11H,7-8H2,1-2H3,(H,17,18). The van der Waals surface area contributed by atoms with E-state index >= 15 is 0 Å². The van der Waals surface area contributed by atoms with Crippen LogP contribution >= 0.6 is 0 Å². The lowest BCUT2D eigenvalue weighted by molar-refractivity contribution is -0.144. The third-order valence-corrected chi connectivity index (χ3v) is 4.95. The molecule has 0 spiro atoms. The maximum absolute atomic E-state index is 12.2. The third kappa shape index (κ3) is 3.24. The number of hydrogen-bond acceptors (Lipinski definition) is 4. The molecular weight excluding hydrogens is 294 g/mol. The van der Waals surface area contributed by atoms with Crippen LogP contribution in [0.5, 0.6) is 0 Å². The molecule has 1 aliphatic heterocycles. The zero-order valence-electron chi connectivity index (χ0n) is 11.8. The van der Waals surface area contributed by atoms with E-state index in [1.54, 1.807) is 11.8 Å². The van der Waals surface area contributed by atoms with Gasteiger partial charge in [-0.2, -0.15) is 0 Å². The Morgan fingerprint density at radius 3 is 2.19 bits per heavy atom. The predicted molar refractivity (Wildman–Crippen MR) is 75.7 cm³/mol. The van der Waals surface area contributed by atoms with Crippen molar-refractivity contribution in [2.75, 3.05) is 19.3 Å². The van der Waals surface area contributed by atoms with E-state index in [9.17, 15) is 18.0 Å². The Morgan fingerprint density at radius 2 is 1.76 bits per heavy atom. The number of rotatable bonds is 4. The first-order valence-corrected chi connectivity index (χ1v) is 8.41. The quantitative estimate of drug-likeness (QED) is 0.891. The number of carbonyl (C=O) groups is 2. The summed E-state index contributed by atoms with van der Waals surface area (Å²) in [5.41, 5.74) is 0.406. The van der Waals surface area contributed by atoms with Crippen LogP contribution in [0.25, 0.3) is 0 Å². The molecule has 1 fully saturated rings. The lowest BCUT2D eigenvalue weighted by Gasteiger charge is -2.41. The Morgan fingerprint density at radius 1 is 1.24 bits per heavy atom. The highest BCUT2D eigenvalue weighted by molar-refractivity contribution is 7.90. The van der Waals surface area contributed by atoms with E-state index in [1.807, 2.05) is 0 Å². The van der Waals surface area contributed by atoms with E-state index in [0.29, 0.717) is 18.7 Å². The second-order valence-electron chi connectivity index (χ2n) is 5.39. The minimum absolute atomic E-state index is 0.0262. The largest absolute Gasteiger partial charge is 0.481 e. The van der Waals surface area contributed by atoms with Crippen molar-refractivity contribution in [3.05, 3.63) is 29.8 Å². The van der Waals surface area contributed by atoms with Crippen LogP contribution in [-0.2, 0) is 14.6 Å². The molecule has 2 rings (SSSR count). The minimum atomic E-state index is -3.28. The smallest absolute Gasteiger partial charge is 0.306 e. The van der Waals surface area contributed by atoms with E-state index in [-0.39, 0.29) is 16.7 Å². The van der Waals surface area contributed by atoms with Crippen molar-refractivity contribution in [3.63, 3.8) is 0 Å². The van der Waals surface area contributed by atoms with Gasteiger partial charge in [0.05, 0.1) is 10.8 Å². The SMILES string of the molecule is CC(C(=O)O)C1CN(C(=O)c2ccc(S(C)(=O)=O)cc2)C1. The van der Waals surface area contributed by atoms with Crippen LogP contribution in [0.4, 0.5) is 0 Å². The summed E-state index contributed by atoms with van der Waals surface area (Å²) in [4.78, 5) is 24.7. The van der Waals surface area contributed by atoms with E-state index in [4.69, 9.17) is 5.11 Å². The summed E-state index contributed by atoms with van der Waals surface area (Å²) >= 11 is 0. The Balaban J connectivity index is 2.01. The van der Waals surface area contributed by atoms with Crippen LogP contribution in [0, 0.1) is 11.8 Å². The Hall–Kier alpha value is -1.89. The van der Waals surface area contributed by atoms with Crippen molar-refractivity contribution in [1.29, 1.82) is 0 Å². The molecule has 1 unspecified atom stereocenters. The number of carboxylic acid groups (broad SMARTS) is 1. The highest BCUT2D eigenvalue weighted by Crippen LogP contribution is 2.25. The van der Waals surface area contributed by atoms with Gasteiger partial charge in [0.1, 0.15) is 0 Å². The molecule has 114 valence electrons. The topological polar surface area (TPSA) is 91.8 Å².